The summed E-state index contributed by atoms with van der Waals surface area (Å²) in [4.78, 5) is 4.18. The van der Waals surface area contributed by atoms with Crippen LogP contribution in [0.1, 0.15) is 19.4 Å². The maximum absolute atomic E-state index is 7.32. The van der Waals surface area contributed by atoms with Gasteiger partial charge < -0.3 is 5.41 Å². The van der Waals surface area contributed by atoms with Gasteiger partial charge in [0.15, 0.2) is 0 Å². The monoisotopic (exact) mass is 200 g/mol. The quantitative estimate of drug-likeness (QED) is 0.723. The lowest BCUT2D eigenvalue weighted by Gasteiger charge is -1.98. The maximum Gasteiger partial charge on any atom is 0.0357 e. The molecule has 0 unspecified atom stereocenters. The van der Waals surface area contributed by atoms with Gasteiger partial charge in [-0.1, -0.05) is 44.2 Å². The predicted molar refractivity (Wildman–Crippen MR) is 66.5 cm³/mol. The molecular formula is C13H16N2. The van der Waals surface area contributed by atoms with Crippen LogP contribution >= 0.6 is 0 Å². The number of rotatable bonds is 4. The van der Waals surface area contributed by atoms with Crippen LogP contribution in [-0.2, 0) is 0 Å². The molecule has 1 N–H and O–H groups in total. The average molecular weight is 200 g/mol. The van der Waals surface area contributed by atoms with Crippen molar-refractivity contribution in [2.45, 2.75) is 13.8 Å². The van der Waals surface area contributed by atoms with E-state index < -0.39 is 0 Å². The summed E-state index contributed by atoms with van der Waals surface area (Å²) in [6.45, 7) is 4.15. The Morgan fingerprint density at radius 2 is 1.93 bits per heavy atom. The molecule has 0 fully saturated rings. The smallest absolute Gasteiger partial charge is 0.0357 e. The van der Waals surface area contributed by atoms with Crippen LogP contribution in [0.2, 0.25) is 0 Å². The SMILES string of the molecule is CC(C)C=N/C=C(\C=N)c1ccccc1. The fourth-order valence-corrected chi connectivity index (χ4v) is 1.12. The number of nitrogens with one attached hydrogen (secondary N) is 1. The molecule has 15 heavy (non-hydrogen) atoms. The third-order valence-corrected chi connectivity index (χ3v) is 1.86. The normalized spacial score (nSPS) is 12.3. The van der Waals surface area contributed by atoms with Crippen LogP contribution < -0.4 is 0 Å². The molecule has 0 atom stereocenters. The van der Waals surface area contributed by atoms with Gasteiger partial charge in [-0.15, -0.1) is 0 Å². The molecule has 78 valence electrons. The minimum atomic E-state index is 0.434. The summed E-state index contributed by atoms with van der Waals surface area (Å²) in [6, 6.07) is 9.82. The van der Waals surface area contributed by atoms with Gasteiger partial charge in [-0.2, -0.15) is 0 Å². The highest BCUT2D eigenvalue weighted by Crippen LogP contribution is 2.11. The van der Waals surface area contributed by atoms with Crippen molar-refractivity contribution in [1.82, 2.24) is 0 Å². The summed E-state index contributed by atoms with van der Waals surface area (Å²) in [5, 5.41) is 7.32. The van der Waals surface area contributed by atoms with E-state index in [1.54, 1.807) is 6.20 Å². The Morgan fingerprint density at radius 1 is 1.27 bits per heavy atom. The lowest BCUT2D eigenvalue weighted by atomic mass is 10.1. The Kier molecular flexibility index (Phi) is 4.48. The first-order chi connectivity index (χ1) is 7.24. The third-order valence-electron chi connectivity index (χ3n) is 1.86. The molecule has 0 saturated carbocycles. The molecule has 0 aliphatic rings. The van der Waals surface area contributed by atoms with Gasteiger partial charge in [0, 0.05) is 24.2 Å². The van der Waals surface area contributed by atoms with E-state index in [0.717, 1.165) is 11.1 Å². The minimum absolute atomic E-state index is 0.434. The van der Waals surface area contributed by atoms with E-state index in [9.17, 15) is 0 Å². The van der Waals surface area contributed by atoms with Gasteiger partial charge in [0.1, 0.15) is 0 Å². The van der Waals surface area contributed by atoms with Gasteiger partial charge in [-0.3, -0.25) is 4.99 Å². The lowest BCUT2D eigenvalue weighted by Crippen LogP contribution is -1.87. The molecule has 1 aromatic carbocycles. The van der Waals surface area contributed by atoms with E-state index in [0.29, 0.717) is 5.92 Å². The van der Waals surface area contributed by atoms with Crippen molar-refractivity contribution in [2.24, 2.45) is 10.9 Å². The highest BCUT2D eigenvalue weighted by Gasteiger charge is 1.95. The van der Waals surface area contributed by atoms with E-state index in [2.05, 4.69) is 18.8 Å². The Morgan fingerprint density at radius 3 is 2.47 bits per heavy atom. The molecular weight excluding hydrogens is 184 g/mol. The predicted octanol–water partition coefficient (Wildman–Crippen LogP) is 3.40. The summed E-state index contributed by atoms with van der Waals surface area (Å²) in [5.41, 5.74) is 1.85. The third kappa shape index (κ3) is 3.90. The van der Waals surface area contributed by atoms with Gasteiger partial charge in [0.2, 0.25) is 0 Å². The molecule has 0 aliphatic carbocycles. The van der Waals surface area contributed by atoms with Crippen LogP contribution in [0.15, 0.2) is 41.5 Å². The van der Waals surface area contributed by atoms with Crippen molar-refractivity contribution >= 4 is 18.0 Å². The second-order valence-corrected chi connectivity index (χ2v) is 3.64. The molecule has 2 nitrogen and oxygen atoms in total. The van der Waals surface area contributed by atoms with Crippen LogP contribution in [0.25, 0.3) is 5.57 Å². The lowest BCUT2D eigenvalue weighted by molar-refractivity contribution is 0.907. The van der Waals surface area contributed by atoms with Crippen LogP contribution in [-0.4, -0.2) is 12.4 Å². The number of benzene rings is 1. The summed E-state index contributed by atoms with van der Waals surface area (Å²) in [6.07, 6.45) is 4.92. The van der Waals surface area contributed by atoms with Crippen LogP contribution in [0, 0.1) is 11.3 Å². The fraction of sp³-hybridized carbons (Fsp3) is 0.231. The second kappa shape index (κ2) is 5.91. The molecule has 1 aromatic rings. The molecule has 0 heterocycles. The minimum Gasteiger partial charge on any atom is -0.308 e. The molecule has 0 amide bonds. The van der Waals surface area contributed by atoms with Crippen molar-refractivity contribution in [3.05, 3.63) is 42.1 Å². The zero-order chi connectivity index (χ0) is 11.1. The van der Waals surface area contributed by atoms with Crippen molar-refractivity contribution in [3.8, 4) is 0 Å². The molecule has 1 rings (SSSR count). The van der Waals surface area contributed by atoms with E-state index in [-0.39, 0.29) is 0 Å². The number of hydrogen-bond acceptors (Lipinski definition) is 2. The Balaban J connectivity index is 2.85. The van der Waals surface area contributed by atoms with Gasteiger partial charge in [-0.05, 0) is 11.5 Å². The fourth-order valence-electron chi connectivity index (χ4n) is 1.12. The first-order valence-corrected chi connectivity index (χ1v) is 5.03. The first-order valence-electron chi connectivity index (χ1n) is 5.03. The van der Waals surface area contributed by atoms with Crippen molar-refractivity contribution in [2.75, 3.05) is 0 Å². The Bertz CT molecular complexity index is 361. The Hall–Kier alpha value is -1.70. The van der Waals surface area contributed by atoms with Crippen LogP contribution in [0.5, 0.6) is 0 Å². The summed E-state index contributed by atoms with van der Waals surface area (Å²) in [5.74, 6) is 0.434. The summed E-state index contributed by atoms with van der Waals surface area (Å²) >= 11 is 0. The Labute approximate surface area is 90.9 Å². The van der Waals surface area contributed by atoms with Gasteiger partial charge in [-0.25, -0.2) is 0 Å². The van der Waals surface area contributed by atoms with Gasteiger partial charge in [0.05, 0.1) is 0 Å². The second-order valence-electron chi connectivity index (χ2n) is 3.64. The number of hydrogen-bond donors (Lipinski definition) is 1. The van der Waals surface area contributed by atoms with E-state index in [1.807, 2.05) is 36.5 Å². The number of allylic oxidation sites excluding steroid dienone is 1. The van der Waals surface area contributed by atoms with Crippen molar-refractivity contribution in [3.63, 3.8) is 0 Å². The summed E-state index contributed by atoms with van der Waals surface area (Å²) in [7, 11) is 0. The van der Waals surface area contributed by atoms with Gasteiger partial charge in [0.25, 0.3) is 0 Å². The molecule has 0 spiro atoms. The largest absolute Gasteiger partial charge is 0.308 e. The number of nitrogens with zero attached hydrogens (tertiary/aromatic N) is 1. The highest BCUT2D eigenvalue weighted by atomic mass is 14.7. The first kappa shape index (κ1) is 11.4. The zero-order valence-electron chi connectivity index (χ0n) is 9.14. The van der Waals surface area contributed by atoms with Crippen molar-refractivity contribution in [1.29, 1.82) is 5.41 Å². The standard InChI is InChI=1S/C13H16N2/c1-11(2)9-15-10-13(8-14)12-6-4-3-5-7-12/h3-11,14H,1-2H3/b13-10+,14-8?,15-9?. The molecule has 0 aliphatic heterocycles. The van der Waals surface area contributed by atoms with E-state index in [1.165, 1.54) is 6.21 Å². The molecule has 0 radical (unpaired) electrons. The molecule has 0 aromatic heterocycles. The average Bonchev–Trinajstić information content (AvgIpc) is 2.25. The number of aliphatic imine (C=N–C) groups is 1. The summed E-state index contributed by atoms with van der Waals surface area (Å²) < 4.78 is 0. The maximum atomic E-state index is 7.32. The van der Waals surface area contributed by atoms with E-state index >= 15 is 0 Å². The topological polar surface area (TPSA) is 36.2 Å². The highest BCUT2D eigenvalue weighted by molar-refractivity contribution is 6.08. The van der Waals surface area contributed by atoms with Crippen LogP contribution in [0.3, 0.4) is 0 Å². The van der Waals surface area contributed by atoms with Crippen molar-refractivity contribution < 1.29 is 0 Å². The van der Waals surface area contributed by atoms with Gasteiger partial charge >= 0.3 is 0 Å². The van der Waals surface area contributed by atoms with Crippen LogP contribution in [0.4, 0.5) is 0 Å². The molecule has 0 bridgehead atoms. The molecule has 0 saturated heterocycles. The zero-order valence-corrected chi connectivity index (χ0v) is 9.14. The molecule has 2 heteroatoms. The van der Waals surface area contributed by atoms with E-state index in [4.69, 9.17) is 5.41 Å².